The van der Waals surface area contributed by atoms with Gasteiger partial charge in [-0.25, -0.2) is 4.98 Å². The van der Waals surface area contributed by atoms with Crippen LogP contribution in [0, 0.1) is 0 Å². The fourth-order valence-electron chi connectivity index (χ4n) is 1.21. The van der Waals surface area contributed by atoms with Gasteiger partial charge < -0.3 is 10.1 Å². The molecule has 0 aliphatic heterocycles. The molecule has 0 radical (unpaired) electrons. The smallest absolute Gasteiger partial charge is 0.0795 e. The molecular weight excluding hydrogens is 196 g/mol. The Morgan fingerprint density at radius 3 is 3.07 bits per heavy atom. The molecule has 0 atom stereocenters. The number of unbranched alkanes of at least 4 members (excludes halogenated alkanes) is 2. The molecule has 0 amide bonds. The Balaban J connectivity index is 1.85. The Morgan fingerprint density at radius 1 is 1.43 bits per heavy atom. The summed E-state index contributed by atoms with van der Waals surface area (Å²) < 4.78 is 4.98. The molecule has 0 saturated carbocycles. The summed E-state index contributed by atoms with van der Waals surface area (Å²) in [5.74, 6) is 0. The number of thiazole rings is 1. The van der Waals surface area contributed by atoms with E-state index in [2.05, 4.69) is 15.7 Å². The summed E-state index contributed by atoms with van der Waals surface area (Å²) in [5.41, 5.74) is 3.02. The minimum absolute atomic E-state index is 0.881. The normalized spacial score (nSPS) is 10.6. The largest absolute Gasteiger partial charge is 0.385 e. The molecule has 1 rings (SSSR count). The summed E-state index contributed by atoms with van der Waals surface area (Å²) in [7, 11) is 1.75. The van der Waals surface area contributed by atoms with Crippen LogP contribution in [0.2, 0.25) is 0 Å². The lowest BCUT2D eigenvalue weighted by Crippen LogP contribution is -2.14. The Bertz CT molecular complexity index is 214. The van der Waals surface area contributed by atoms with Crippen LogP contribution in [0.1, 0.15) is 25.0 Å². The summed E-state index contributed by atoms with van der Waals surface area (Å²) >= 11 is 1.65. The summed E-state index contributed by atoms with van der Waals surface area (Å²) in [6.45, 7) is 2.85. The molecule has 80 valence electrons. The van der Waals surface area contributed by atoms with E-state index in [0.717, 1.165) is 31.8 Å². The number of nitrogens with one attached hydrogen (secondary N) is 1. The quantitative estimate of drug-likeness (QED) is 0.673. The highest BCUT2D eigenvalue weighted by Gasteiger charge is 1.93. The predicted molar refractivity (Wildman–Crippen MR) is 59.5 cm³/mol. The zero-order valence-electron chi connectivity index (χ0n) is 8.66. The molecular formula is C10H18N2OS. The van der Waals surface area contributed by atoms with Crippen LogP contribution >= 0.6 is 11.3 Å². The SMILES string of the molecule is COCCCCCNCc1cscn1. The summed E-state index contributed by atoms with van der Waals surface area (Å²) in [5, 5.41) is 5.45. The second kappa shape index (κ2) is 7.91. The first kappa shape index (κ1) is 11.6. The number of hydrogen-bond donors (Lipinski definition) is 1. The maximum Gasteiger partial charge on any atom is 0.0795 e. The van der Waals surface area contributed by atoms with Gasteiger partial charge in [-0.1, -0.05) is 0 Å². The molecule has 0 spiro atoms. The van der Waals surface area contributed by atoms with Crippen LogP contribution in [0.3, 0.4) is 0 Å². The molecule has 1 heterocycles. The highest BCUT2D eigenvalue weighted by atomic mass is 32.1. The lowest BCUT2D eigenvalue weighted by atomic mass is 10.2. The van der Waals surface area contributed by atoms with E-state index in [-0.39, 0.29) is 0 Å². The Morgan fingerprint density at radius 2 is 2.36 bits per heavy atom. The monoisotopic (exact) mass is 214 g/mol. The maximum atomic E-state index is 4.98. The fraction of sp³-hybridized carbons (Fsp3) is 0.700. The van der Waals surface area contributed by atoms with Gasteiger partial charge >= 0.3 is 0 Å². The topological polar surface area (TPSA) is 34.1 Å². The molecule has 4 heteroatoms. The van der Waals surface area contributed by atoms with Crippen molar-refractivity contribution in [3.63, 3.8) is 0 Å². The van der Waals surface area contributed by atoms with Gasteiger partial charge in [-0.3, -0.25) is 0 Å². The number of aromatic nitrogens is 1. The zero-order valence-corrected chi connectivity index (χ0v) is 9.48. The molecule has 0 aliphatic carbocycles. The van der Waals surface area contributed by atoms with Crippen LogP contribution in [0.25, 0.3) is 0 Å². The molecule has 0 saturated heterocycles. The summed E-state index contributed by atoms with van der Waals surface area (Å²) in [6.07, 6.45) is 3.61. The van der Waals surface area contributed by atoms with E-state index in [9.17, 15) is 0 Å². The van der Waals surface area contributed by atoms with Crippen LogP contribution in [0.5, 0.6) is 0 Å². The van der Waals surface area contributed by atoms with Gasteiger partial charge in [-0.15, -0.1) is 11.3 Å². The summed E-state index contributed by atoms with van der Waals surface area (Å²) in [4.78, 5) is 4.20. The van der Waals surface area contributed by atoms with E-state index in [1.807, 2.05) is 5.51 Å². The number of rotatable bonds is 8. The van der Waals surface area contributed by atoms with Gasteiger partial charge in [-0.05, 0) is 25.8 Å². The van der Waals surface area contributed by atoms with Crippen LogP contribution in [0.4, 0.5) is 0 Å². The maximum absolute atomic E-state index is 4.98. The lowest BCUT2D eigenvalue weighted by Gasteiger charge is -2.02. The van der Waals surface area contributed by atoms with E-state index in [4.69, 9.17) is 4.74 Å². The van der Waals surface area contributed by atoms with E-state index in [1.54, 1.807) is 18.4 Å². The molecule has 1 N–H and O–H groups in total. The van der Waals surface area contributed by atoms with Gasteiger partial charge in [0.05, 0.1) is 11.2 Å². The third-order valence-corrected chi connectivity index (χ3v) is 2.63. The first-order chi connectivity index (χ1) is 6.93. The van der Waals surface area contributed by atoms with Crippen molar-refractivity contribution in [3.8, 4) is 0 Å². The molecule has 3 nitrogen and oxygen atoms in total. The van der Waals surface area contributed by atoms with Gasteiger partial charge in [0.2, 0.25) is 0 Å². The Labute approximate surface area is 89.5 Å². The lowest BCUT2D eigenvalue weighted by molar-refractivity contribution is 0.192. The molecule has 0 aliphatic rings. The third-order valence-electron chi connectivity index (χ3n) is 1.99. The van der Waals surface area contributed by atoms with Crippen molar-refractivity contribution >= 4 is 11.3 Å². The molecule has 1 aromatic rings. The minimum atomic E-state index is 0.881. The van der Waals surface area contributed by atoms with E-state index < -0.39 is 0 Å². The minimum Gasteiger partial charge on any atom is -0.385 e. The van der Waals surface area contributed by atoms with E-state index in [1.165, 1.54) is 12.8 Å². The molecule has 0 unspecified atom stereocenters. The van der Waals surface area contributed by atoms with Crippen molar-refractivity contribution in [2.24, 2.45) is 0 Å². The number of methoxy groups -OCH3 is 1. The van der Waals surface area contributed by atoms with Crippen molar-refractivity contribution in [2.75, 3.05) is 20.3 Å². The second-order valence-corrected chi connectivity index (χ2v) is 3.93. The van der Waals surface area contributed by atoms with Crippen molar-refractivity contribution in [1.82, 2.24) is 10.3 Å². The highest BCUT2D eigenvalue weighted by molar-refractivity contribution is 7.07. The molecule has 0 fully saturated rings. The number of ether oxygens (including phenoxy) is 1. The van der Waals surface area contributed by atoms with Gasteiger partial charge in [0, 0.05) is 25.6 Å². The van der Waals surface area contributed by atoms with Crippen LogP contribution < -0.4 is 5.32 Å². The van der Waals surface area contributed by atoms with Crippen molar-refractivity contribution in [1.29, 1.82) is 0 Å². The molecule has 0 bridgehead atoms. The van der Waals surface area contributed by atoms with Crippen molar-refractivity contribution in [3.05, 3.63) is 16.6 Å². The molecule has 0 aromatic carbocycles. The first-order valence-corrected chi connectivity index (χ1v) is 5.94. The first-order valence-electron chi connectivity index (χ1n) is 5.00. The van der Waals surface area contributed by atoms with Crippen molar-refractivity contribution in [2.45, 2.75) is 25.8 Å². The van der Waals surface area contributed by atoms with Gasteiger partial charge in [0.15, 0.2) is 0 Å². The third kappa shape index (κ3) is 5.32. The number of nitrogens with zero attached hydrogens (tertiary/aromatic N) is 1. The van der Waals surface area contributed by atoms with Crippen molar-refractivity contribution < 1.29 is 4.74 Å². The fourth-order valence-corrected chi connectivity index (χ4v) is 1.77. The Hall–Kier alpha value is -0.450. The van der Waals surface area contributed by atoms with Crippen LogP contribution in [-0.4, -0.2) is 25.2 Å². The van der Waals surface area contributed by atoms with E-state index in [0.29, 0.717) is 0 Å². The standard InChI is InChI=1S/C10H18N2OS/c1-13-6-4-2-3-5-11-7-10-8-14-9-12-10/h8-9,11H,2-7H2,1H3. The van der Waals surface area contributed by atoms with Gasteiger partial charge in [0.1, 0.15) is 0 Å². The molecule has 1 aromatic heterocycles. The van der Waals surface area contributed by atoms with E-state index >= 15 is 0 Å². The molecule has 14 heavy (non-hydrogen) atoms. The average molecular weight is 214 g/mol. The van der Waals surface area contributed by atoms with Crippen LogP contribution in [0.15, 0.2) is 10.9 Å². The average Bonchev–Trinajstić information content (AvgIpc) is 2.69. The van der Waals surface area contributed by atoms with Crippen LogP contribution in [-0.2, 0) is 11.3 Å². The zero-order chi connectivity index (χ0) is 10.1. The van der Waals surface area contributed by atoms with Gasteiger partial charge in [-0.2, -0.15) is 0 Å². The Kier molecular flexibility index (Phi) is 6.57. The van der Waals surface area contributed by atoms with Gasteiger partial charge in [0.25, 0.3) is 0 Å². The highest BCUT2D eigenvalue weighted by Crippen LogP contribution is 2.00. The predicted octanol–water partition coefficient (Wildman–Crippen LogP) is 2.05. The second-order valence-electron chi connectivity index (χ2n) is 3.21. The summed E-state index contributed by atoms with van der Waals surface area (Å²) in [6, 6.07) is 0. The number of hydrogen-bond acceptors (Lipinski definition) is 4.